The highest BCUT2D eigenvalue weighted by atomic mass is 35.5. The molecule has 4 heteroatoms. The Kier molecular flexibility index (Phi) is 5.74. The Hall–Kier alpha value is -1.42. The Bertz CT molecular complexity index is 601. The van der Waals surface area contributed by atoms with E-state index in [0.29, 0.717) is 11.4 Å². The van der Waals surface area contributed by atoms with E-state index < -0.39 is 0 Å². The van der Waals surface area contributed by atoms with E-state index in [1.54, 1.807) is 6.07 Å². The van der Waals surface area contributed by atoms with E-state index in [9.17, 15) is 4.39 Å². The van der Waals surface area contributed by atoms with Crippen molar-refractivity contribution in [1.82, 2.24) is 5.43 Å². The summed E-state index contributed by atoms with van der Waals surface area (Å²) in [6, 6.07) is 13.0. The first-order chi connectivity index (χ1) is 10.1. The molecule has 2 nitrogen and oxygen atoms in total. The number of nitrogens with two attached hydrogens (primary N) is 1. The van der Waals surface area contributed by atoms with Crippen molar-refractivity contribution >= 4 is 11.6 Å². The van der Waals surface area contributed by atoms with Crippen LogP contribution in [0.4, 0.5) is 4.39 Å². The number of aryl methyl sites for hydroxylation is 2. The zero-order valence-electron chi connectivity index (χ0n) is 12.1. The molecule has 0 aliphatic rings. The minimum absolute atomic E-state index is 0.105. The van der Waals surface area contributed by atoms with Gasteiger partial charge in [-0.15, -0.1) is 0 Å². The van der Waals surface area contributed by atoms with Crippen molar-refractivity contribution in [2.45, 2.75) is 32.2 Å². The van der Waals surface area contributed by atoms with Crippen molar-refractivity contribution in [3.63, 3.8) is 0 Å². The molecular formula is C17H20ClFN2. The van der Waals surface area contributed by atoms with Gasteiger partial charge in [-0.25, -0.2) is 4.39 Å². The predicted molar refractivity (Wildman–Crippen MR) is 85.7 cm³/mol. The third-order valence-electron chi connectivity index (χ3n) is 3.58. The normalized spacial score (nSPS) is 12.4. The Labute approximate surface area is 130 Å². The molecule has 1 atom stereocenters. The summed E-state index contributed by atoms with van der Waals surface area (Å²) >= 11 is 6.06. The predicted octanol–water partition coefficient (Wildman–Crippen LogP) is 3.79. The van der Waals surface area contributed by atoms with Gasteiger partial charge in [0, 0.05) is 11.1 Å². The zero-order chi connectivity index (χ0) is 15.2. The maximum Gasteiger partial charge on any atom is 0.124 e. The highest BCUT2D eigenvalue weighted by molar-refractivity contribution is 6.31. The summed E-state index contributed by atoms with van der Waals surface area (Å²) in [5.41, 5.74) is 6.28. The van der Waals surface area contributed by atoms with Crippen LogP contribution in [0.1, 0.15) is 23.1 Å². The van der Waals surface area contributed by atoms with Crippen LogP contribution in [0.2, 0.25) is 5.02 Å². The van der Waals surface area contributed by atoms with Crippen LogP contribution in [0.15, 0.2) is 42.5 Å². The summed E-state index contributed by atoms with van der Waals surface area (Å²) in [5.74, 6) is 5.31. The molecule has 2 aromatic carbocycles. The molecule has 2 aromatic rings. The summed E-state index contributed by atoms with van der Waals surface area (Å²) in [5, 5.41) is 0.450. The van der Waals surface area contributed by atoms with Crippen molar-refractivity contribution in [3.05, 3.63) is 70.0 Å². The molecule has 0 aliphatic heterocycles. The van der Waals surface area contributed by atoms with Gasteiger partial charge >= 0.3 is 0 Å². The molecule has 112 valence electrons. The summed E-state index contributed by atoms with van der Waals surface area (Å²) in [6.45, 7) is 2.08. The summed E-state index contributed by atoms with van der Waals surface area (Å²) in [7, 11) is 0. The van der Waals surface area contributed by atoms with Gasteiger partial charge in [0.1, 0.15) is 5.82 Å². The van der Waals surface area contributed by atoms with E-state index in [1.165, 1.54) is 23.3 Å². The zero-order valence-corrected chi connectivity index (χ0v) is 12.8. The fourth-order valence-corrected chi connectivity index (χ4v) is 2.65. The van der Waals surface area contributed by atoms with E-state index in [4.69, 9.17) is 17.4 Å². The molecule has 0 spiro atoms. The average molecular weight is 307 g/mol. The van der Waals surface area contributed by atoms with Crippen LogP contribution >= 0.6 is 11.6 Å². The number of halogens is 2. The third kappa shape index (κ3) is 4.81. The van der Waals surface area contributed by atoms with Crippen molar-refractivity contribution in [1.29, 1.82) is 0 Å². The lowest BCUT2D eigenvalue weighted by Gasteiger charge is -2.17. The molecule has 1 unspecified atom stereocenters. The Morgan fingerprint density at radius 2 is 2.05 bits per heavy atom. The van der Waals surface area contributed by atoms with Gasteiger partial charge < -0.3 is 0 Å². The fraction of sp³-hybridized carbons (Fsp3) is 0.294. The standard InChI is InChI=1S/C17H20ClFN2/c1-12-3-2-4-13(9-12)5-8-16(21-20)10-14-6-7-15(19)11-17(14)18/h2-4,6-7,9,11,16,21H,5,8,10,20H2,1H3. The molecule has 0 amide bonds. The molecule has 0 aliphatic carbocycles. The van der Waals surface area contributed by atoms with Crippen molar-refractivity contribution in [3.8, 4) is 0 Å². The van der Waals surface area contributed by atoms with E-state index in [1.807, 2.05) is 0 Å². The van der Waals surface area contributed by atoms with E-state index in [2.05, 4.69) is 36.6 Å². The first-order valence-corrected chi connectivity index (χ1v) is 7.42. The van der Waals surface area contributed by atoms with Gasteiger partial charge in [0.15, 0.2) is 0 Å². The average Bonchev–Trinajstić information content (AvgIpc) is 2.45. The first-order valence-electron chi connectivity index (χ1n) is 7.04. The largest absolute Gasteiger partial charge is 0.271 e. The van der Waals surface area contributed by atoms with Crippen molar-refractivity contribution in [2.75, 3.05) is 0 Å². The maximum absolute atomic E-state index is 13.0. The monoisotopic (exact) mass is 306 g/mol. The molecule has 0 fully saturated rings. The number of rotatable bonds is 6. The quantitative estimate of drug-likeness (QED) is 0.629. The minimum atomic E-state index is -0.319. The van der Waals surface area contributed by atoms with Crippen LogP contribution in [0.25, 0.3) is 0 Å². The first kappa shape index (κ1) is 16.0. The second-order valence-electron chi connectivity index (χ2n) is 5.33. The van der Waals surface area contributed by atoms with E-state index in [-0.39, 0.29) is 11.9 Å². The van der Waals surface area contributed by atoms with E-state index in [0.717, 1.165) is 18.4 Å². The Morgan fingerprint density at radius 1 is 1.24 bits per heavy atom. The molecule has 0 saturated heterocycles. The molecule has 3 N–H and O–H groups in total. The lowest BCUT2D eigenvalue weighted by atomic mass is 9.99. The smallest absolute Gasteiger partial charge is 0.124 e. The van der Waals surface area contributed by atoms with Gasteiger partial charge in [0.05, 0.1) is 0 Å². The van der Waals surface area contributed by atoms with Crippen LogP contribution in [0.5, 0.6) is 0 Å². The highest BCUT2D eigenvalue weighted by Gasteiger charge is 2.11. The third-order valence-corrected chi connectivity index (χ3v) is 3.93. The summed E-state index contributed by atoms with van der Waals surface area (Å²) in [4.78, 5) is 0. The number of nitrogens with one attached hydrogen (secondary N) is 1. The molecule has 0 aromatic heterocycles. The van der Waals surface area contributed by atoms with Crippen molar-refractivity contribution in [2.24, 2.45) is 5.84 Å². The summed E-state index contributed by atoms with van der Waals surface area (Å²) in [6.07, 6.45) is 2.52. The molecule has 2 rings (SSSR count). The lowest BCUT2D eigenvalue weighted by Crippen LogP contribution is -2.37. The maximum atomic E-state index is 13.0. The molecular weight excluding hydrogens is 287 g/mol. The summed E-state index contributed by atoms with van der Waals surface area (Å²) < 4.78 is 13.0. The van der Waals surface area contributed by atoms with Gasteiger partial charge in [-0.2, -0.15) is 0 Å². The van der Waals surface area contributed by atoms with E-state index >= 15 is 0 Å². The molecule has 0 saturated carbocycles. The van der Waals surface area contributed by atoms with Gasteiger partial charge in [-0.1, -0.05) is 47.5 Å². The van der Waals surface area contributed by atoms with Crippen LogP contribution < -0.4 is 11.3 Å². The van der Waals surface area contributed by atoms with Gasteiger partial charge in [0.25, 0.3) is 0 Å². The fourth-order valence-electron chi connectivity index (χ4n) is 2.41. The Balaban J connectivity index is 1.97. The Morgan fingerprint density at radius 3 is 2.71 bits per heavy atom. The second kappa shape index (κ2) is 7.55. The van der Waals surface area contributed by atoms with Gasteiger partial charge in [-0.05, 0) is 49.4 Å². The molecule has 0 heterocycles. The number of benzene rings is 2. The molecule has 21 heavy (non-hydrogen) atoms. The van der Waals surface area contributed by atoms with Crippen molar-refractivity contribution < 1.29 is 4.39 Å². The topological polar surface area (TPSA) is 38.0 Å². The van der Waals surface area contributed by atoms with Gasteiger partial charge in [0.2, 0.25) is 0 Å². The minimum Gasteiger partial charge on any atom is -0.271 e. The SMILES string of the molecule is Cc1cccc(CCC(Cc2ccc(F)cc2Cl)NN)c1. The highest BCUT2D eigenvalue weighted by Crippen LogP contribution is 2.20. The van der Waals surface area contributed by atoms with Crippen LogP contribution in [-0.2, 0) is 12.8 Å². The van der Waals surface area contributed by atoms with Crippen LogP contribution in [-0.4, -0.2) is 6.04 Å². The number of hydrazine groups is 1. The molecule has 0 bridgehead atoms. The molecule has 0 radical (unpaired) electrons. The van der Waals surface area contributed by atoms with Crippen LogP contribution in [0.3, 0.4) is 0 Å². The number of hydrogen-bond donors (Lipinski definition) is 2. The van der Waals surface area contributed by atoms with Crippen LogP contribution in [0, 0.1) is 12.7 Å². The second-order valence-corrected chi connectivity index (χ2v) is 5.74. The number of hydrogen-bond acceptors (Lipinski definition) is 2. The lowest BCUT2D eigenvalue weighted by molar-refractivity contribution is 0.491. The van der Waals surface area contributed by atoms with Gasteiger partial charge in [-0.3, -0.25) is 11.3 Å².